The molecule has 0 aliphatic heterocycles. The summed E-state index contributed by atoms with van der Waals surface area (Å²) in [5.74, 6) is 0.554. The van der Waals surface area contributed by atoms with E-state index in [-0.39, 0.29) is 11.5 Å². The van der Waals surface area contributed by atoms with E-state index >= 15 is 0 Å². The quantitative estimate of drug-likeness (QED) is 0.811. The lowest BCUT2D eigenvalue weighted by Crippen LogP contribution is -1.69. The molecular formula is C12H10O2S2. The van der Waals surface area contributed by atoms with Gasteiger partial charge >= 0.3 is 0 Å². The van der Waals surface area contributed by atoms with Crippen molar-refractivity contribution in [3.05, 3.63) is 48.5 Å². The van der Waals surface area contributed by atoms with Crippen LogP contribution in [0.3, 0.4) is 0 Å². The largest absolute Gasteiger partial charge is 0.508 e. The van der Waals surface area contributed by atoms with Gasteiger partial charge in [0.15, 0.2) is 0 Å². The molecule has 0 aliphatic rings. The predicted octanol–water partition coefficient (Wildman–Crippen LogP) is 3.90. The lowest BCUT2D eigenvalue weighted by atomic mass is 10.3. The van der Waals surface area contributed by atoms with E-state index in [1.807, 2.05) is 24.3 Å². The molecule has 0 saturated carbocycles. The SMILES string of the molecule is Oc1ccc(SSc2ccc(O)cc2)cc1. The van der Waals surface area contributed by atoms with Gasteiger partial charge in [-0.05, 0) is 48.5 Å². The van der Waals surface area contributed by atoms with Crippen LogP contribution in [0, 0.1) is 0 Å². The Bertz CT molecular complexity index is 406. The Morgan fingerprint density at radius 3 is 1.19 bits per heavy atom. The molecule has 0 amide bonds. The van der Waals surface area contributed by atoms with E-state index in [9.17, 15) is 0 Å². The van der Waals surface area contributed by atoms with Crippen LogP contribution in [0.5, 0.6) is 11.5 Å². The molecule has 2 rings (SSSR count). The van der Waals surface area contributed by atoms with Gasteiger partial charge in [0, 0.05) is 9.79 Å². The van der Waals surface area contributed by atoms with Gasteiger partial charge in [0.05, 0.1) is 0 Å². The van der Waals surface area contributed by atoms with Crippen molar-refractivity contribution in [3.8, 4) is 11.5 Å². The Balaban J connectivity index is 1.97. The van der Waals surface area contributed by atoms with Crippen molar-refractivity contribution < 1.29 is 10.2 Å². The maximum Gasteiger partial charge on any atom is 0.115 e. The molecule has 2 aromatic carbocycles. The molecule has 2 nitrogen and oxygen atoms in total. The highest BCUT2D eigenvalue weighted by molar-refractivity contribution is 8.76. The van der Waals surface area contributed by atoms with Crippen LogP contribution in [0.2, 0.25) is 0 Å². The molecule has 0 fully saturated rings. The van der Waals surface area contributed by atoms with Crippen molar-refractivity contribution in [2.24, 2.45) is 0 Å². The maximum atomic E-state index is 9.13. The Morgan fingerprint density at radius 1 is 0.562 bits per heavy atom. The zero-order valence-corrected chi connectivity index (χ0v) is 9.96. The van der Waals surface area contributed by atoms with Gasteiger partial charge in [0.25, 0.3) is 0 Å². The molecule has 2 N–H and O–H groups in total. The van der Waals surface area contributed by atoms with Crippen molar-refractivity contribution in [2.75, 3.05) is 0 Å². The molecule has 0 aliphatic carbocycles. The second-order valence-corrected chi connectivity index (χ2v) is 5.43. The van der Waals surface area contributed by atoms with E-state index in [0.717, 1.165) is 9.79 Å². The predicted molar refractivity (Wildman–Crippen MR) is 67.9 cm³/mol. The Morgan fingerprint density at radius 2 is 0.875 bits per heavy atom. The first kappa shape index (κ1) is 11.2. The summed E-state index contributed by atoms with van der Waals surface area (Å²) in [5.41, 5.74) is 0. The van der Waals surface area contributed by atoms with Gasteiger partial charge in [0.2, 0.25) is 0 Å². The molecule has 0 radical (unpaired) electrons. The van der Waals surface area contributed by atoms with E-state index in [4.69, 9.17) is 10.2 Å². The Kier molecular flexibility index (Phi) is 3.64. The Hall–Kier alpha value is -1.26. The van der Waals surface area contributed by atoms with Crippen LogP contribution < -0.4 is 0 Å². The standard InChI is InChI=1S/C12H10O2S2/c13-9-1-5-11(6-2-9)15-16-12-7-3-10(14)4-8-12/h1-8,13-14H. The minimum Gasteiger partial charge on any atom is -0.508 e. The van der Waals surface area contributed by atoms with Gasteiger partial charge in [-0.1, -0.05) is 21.6 Å². The van der Waals surface area contributed by atoms with Crippen molar-refractivity contribution in [3.63, 3.8) is 0 Å². The number of hydrogen-bond donors (Lipinski definition) is 2. The molecule has 0 saturated heterocycles. The Labute approximate surface area is 102 Å². The van der Waals surface area contributed by atoms with Crippen molar-refractivity contribution in [2.45, 2.75) is 9.79 Å². The summed E-state index contributed by atoms with van der Waals surface area (Å²) in [6, 6.07) is 14.1. The molecule has 0 atom stereocenters. The van der Waals surface area contributed by atoms with Crippen LogP contribution in [0.1, 0.15) is 0 Å². The lowest BCUT2D eigenvalue weighted by molar-refractivity contribution is 0.474. The summed E-state index contributed by atoms with van der Waals surface area (Å²) in [6.45, 7) is 0. The van der Waals surface area contributed by atoms with Crippen LogP contribution in [-0.4, -0.2) is 10.2 Å². The fourth-order valence-electron chi connectivity index (χ4n) is 1.10. The summed E-state index contributed by atoms with van der Waals surface area (Å²) in [5, 5.41) is 18.3. The third-order valence-electron chi connectivity index (χ3n) is 1.91. The molecule has 0 bridgehead atoms. The third-order valence-corrected chi connectivity index (χ3v) is 4.32. The molecule has 16 heavy (non-hydrogen) atoms. The number of benzene rings is 2. The van der Waals surface area contributed by atoms with Crippen molar-refractivity contribution >= 4 is 21.6 Å². The molecular weight excluding hydrogens is 240 g/mol. The average molecular weight is 250 g/mol. The summed E-state index contributed by atoms with van der Waals surface area (Å²) in [7, 11) is 3.22. The van der Waals surface area contributed by atoms with Crippen molar-refractivity contribution in [1.29, 1.82) is 0 Å². The molecule has 2 aromatic rings. The number of aromatic hydroxyl groups is 2. The van der Waals surface area contributed by atoms with Gasteiger partial charge in [-0.25, -0.2) is 0 Å². The van der Waals surface area contributed by atoms with Crippen LogP contribution in [-0.2, 0) is 0 Å². The highest BCUT2D eigenvalue weighted by Crippen LogP contribution is 2.38. The summed E-state index contributed by atoms with van der Waals surface area (Å²) in [6.07, 6.45) is 0. The zero-order valence-electron chi connectivity index (χ0n) is 8.33. The van der Waals surface area contributed by atoms with E-state index in [1.165, 1.54) is 0 Å². The van der Waals surface area contributed by atoms with E-state index in [2.05, 4.69) is 0 Å². The highest BCUT2D eigenvalue weighted by Gasteiger charge is 1.98. The first-order chi connectivity index (χ1) is 7.74. The molecule has 0 heterocycles. The lowest BCUT2D eigenvalue weighted by Gasteiger charge is -2.01. The van der Waals surface area contributed by atoms with Crippen LogP contribution >= 0.6 is 21.6 Å². The van der Waals surface area contributed by atoms with E-state index < -0.39 is 0 Å². The average Bonchev–Trinajstić information content (AvgIpc) is 2.30. The fraction of sp³-hybridized carbons (Fsp3) is 0. The van der Waals surface area contributed by atoms with Crippen LogP contribution in [0.25, 0.3) is 0 Å². The second kappa shape index (κ2) is 5.18. The summed E-state index contributed by atoms with van der Waals surface area (Å²) in [4.78, 5) is 2.16. The normalized spacial score (nSPS) is 10.2. The van der Waals surface area contributed by atoms with Crippen LogP contribution in [0.4, 0.5) is 0 Å². The van der Waals surface area contributed by atoms with Gasteiger partial charge in [0.1, 0.15) is 11.5 Å². The molecule has 0 unspecified atom stereocenters. The first-order valence-corrected chi connectivity index (χ1v) is 6.81. The zero-order chi connectivity index (χ0) is 11.4. The minimum absolute atomic E-state index is 0.277. The third kappa shape index (κ3) is 3.12. The summed E-state index contributed by atoms with van der Waals surface area (Å²) < 4.78 is 0. The molecule has 0 aromatic heterocycles. The number of hydrogen-bond acceptors (Lipinski definition) is 4. The molecule has 4 heteroatoms. The number of phenols is 2. The van der Waals surface area contributed by atoms with Gasteiger partial charge in [-0.15, -0.1) is 0 Å². The molecule has 82 valence electrons. The molecule has 0 spiro atoms. The smallest absolute Gasteiger partial charge is 0.115 e. The first-order valence-electron chi connectivity index (χ1n) is 4.66. The second-order valence-electron chi connectivity index (χ2n) is 3.15. The van der Waals surface area contributed by atoms with E-state index in [1.54, 1.807) is 45.9 Å². The number of phenolic OH excluding ortho intramolecular Hbond substituents is 2. The number of rotatable bonds is 3. The van der Waals surface area contributed by atoms with Crippen LogP contribution in [0.15, 0.2) is 58.3 Å². The minimum atomic E-state index is 0.277. The maximum absolute atomic E-state index is 9.13. The fourth-order valence-corrected chi connectivity index (χ4v) is 3.03. The monoisotopic (exact) mass is 250 g/mol. The van der Waals surface area contributed by atoms with Gasteiger partial charge in [-0.2, -0.15) is 0 Å². The van der Waals surface area contributed by atoms with Gasteiger partial charge in [-0.3, -0.25) is 0 Å². The van der Waals surface area contributed by atoms with E-state index in [0.29, 0.717) is 0 Å². The summed E-state index contributed by atoms with van der Waals surface area (Å²) >= 11 is 0. The highest BCUT2D eigenvalue weighted by atomic mass is 33.1. The van der Waals surface area contributed by atoms with Gasteiger partial charge < -0.3 is 10.2 Å². The topological polar surface area (TPSA) is 40.5 Å². The van der Waals surface area contributed by atoms with Crippen molar-refractivity contribution in [1.82, 2.24) is 0 Å².